The molecule has 1 saturated heterocycles. The lowest BCUT2D eigenvalue weighted by Gasteiger charge is -2.36. The summed E-state index contributed by atoms with van der Waals surface area (Å²) in [5.74, 6) is -0.478. The number of anilines is 1. The number of rotatable bonds is 6. The molecule has 5 rings (SSSR count). The van der Waals surface area contributed by atoms with Gasteiger partial charge in [0, 0.05) is 65.1 Å². The van der Waals surface area contributed by atoms with E-state index in [0.29, 0.717) is 18.1 Å². The fourth-order valence-corrected chi connectivity index (χ4v) is 4.79. The lowest BCUT2D eigenvalue weighted by Crippen LogP contribution is -2.49. The number of fused-ring (bicyclic) bond motifs is 1. The molecule has 1 aliphatic heterocycles. The van der Waals surface area contributed by atoms with Gasteiger partial charge in [-0.2, -0.15) is 5.10 Å². The van der Waals surface area contributed by atoms with Gasteiger partial charge in [-0.05, 0) is 54.6 Å². The number of halogens is 2. The van der Waals surface area contributed by atoms with Crippen LogP contribution in [0.25, 0.3) is 10.9 Å². The summed E-state index contributed by atoms with van der Waals surface area (Å²) >= 11 is 11.9. The first-order chi connectivity index (χ1) is 18.4. The summed E-state index contributed by atoms with van der Waals surface area (Å²) in [5.41, 5.74) is 5.56. The van der Waals surface area contributed by atoms with Crippen LogP contribution < -0.4 is 10.3 Å². The van der Waals surface area contributed by atoms with Gasteiger partial charge in [-0.25, -0.2) is 5.43 Å². The Labute approximate surface area is 229 Å². The predicted molar refractivity (Wildman–Crippen MR) is 150 cm³/mol. The maximum Gasteiger partial charge on any atom is 0.271 e. The monoisotopic (exact) mass is 549 g/mol. The number of hydrazone groups is 1. The molecule has 0 saturated carbocycles. The van der Waals surface area contributed by atoms with E-state index in [2.05, 4.69) is 15.4 Å². The fourth-order valence-electron chi connectivity index (χ4n) is 4.48. The van der Waals surface area contributed by atoms with Gasteiger partial charge in [0.2, 0.25) is 5.91 Å². The Morgan fingerprint density at radius 1 is 0.974 bits per heavy atom. The van der Waals surface area contributed by atoms with Crippen molar-refractivity contribution in [2.45, 2.75) is 6.54 Å². The zero-order valence-corrected chi connectivity index (χ0v) is 21.9. The zero-order valence-electron chi connectivity index (χ0n) is 20.3. The van der Waals surface area contributed by atoms with Crippen LogP contribution in [0.4, 0.5) is 5.69 Å². The number of carbonyl (C=O) groups excluding carboxylic acids is 2. The second kappa shape index (κ2) is 11.2. The average Bonchev–Trinajstić information content (AvgIpc) is 3.34. The normalized spacial score (nSPS) is 13.8. The van der Waals surface area contributed by atoms with Gasteiger partial charge in [0.15, 0.2) is 0 Å². The molecule has 2 amide bonds. The molecule has 4 aromatic rings. The van der Waals surface area contributed by atoms with Crippen LogP contribution in [0.1, 0.15) is 15.9 Å². The molecule has 10 heteroatoms. The number of piperazine rings is 1. The van der Waals surface area contributed by atoms with Crippen LogP contribution in [-0.2, 0) is 11.3 Å². The lowest BCUT2D eigenvalue weighted by atomic mass is 10.1. The molecular weight excluding hydrogens is 525 g/mol. The smallest absolute Gasteiger partial charge is 0.271 e. The molecule has 38 heavy (non-hydrogen) atoms. The van der Waals surface area contributed by atoms with Crippen molar-refractivity contribution in [3.63, 3.8) is 0 Å². The Kier molecular flexibility index (Phi) is 7.53. The van der Waals surface area contributed by atoms with Crippen molar-refractivity contribution in [2.75, 3.05) is 31.1 Å². The number of hydrogen-bond acceptors (Lipinski definition) is 5. The third-order valence-corrected chi connectivity index (χ3v) is 7.11. The topological polar surface area (TPSA) is 90.2 Å². The minimum atomic E-state index is -0.449. The molecule has 0 spiro atoms. The number of phenols is 1. The van der Waals surface area contributed by atoms with Gasteiger partial charge in [0.1, 0.15) is 12.3 Å². The molecule has 0 aliphatic carbocycles. The summed E-state index contributed by atoms with van der Waals surface area (Å²) in [6.45, 7) is 3.09. The Hall–Kier alpha value is -4.01. The van der Waals surface area contributed by atoms with E-state index in [-0.39, 0.29) is 28.8 Å². The number of phenolic OH excluding ortho intramolecular Hbond substituents is 1. The molecule has 0 radical (unpaired) electrons. The van der Waals surface area contributed by atoms with Crippen LogP contribution in [0, 0.1) is 0 Å². The third-order valence-electron chi connectivity index (χ3n) is 6.56. The summed E-state index contributed by atoms with van der Waals surface area (Å²) in [4.78, 5) is 29.6. The van der Waals surface area contributed by atoms with E-state index in [1.807, 2.05) is 64.2 Å². The highest BCUT2D eigenvalue weighted by Crippen LogP contribution is 2.24. The van der Waals surface area contributed by atoms with E-state index in [4.69, 9.17) is 23.2 Å². The van der Waals surface area contributed by atoms with E-state index in [9.17, 15) is 14.7 Å². The number of aromatic nitrogens is 1. The van der Waals surface area contributed by atoms with E-state index in [0.717, 1.165) is 35.2 Å². The Morgan fingerprint density at radius 3 is 2.47 bits per heavy atom. The molecular formula is C28H25Cl2N5O3. The number of nitrogens with one attached hydrogen (secondary N) is 1. The van der Waals surface area contributed by atoms with Crippen LogP contribution >= 0.6 is 23.2 Å². The zero-order chi connectivity index (χ0) is 26.6. The lowest BCUT2D eigenvalue weighted by molar-refractivity contribution is -0.132. The van der Waals surface area contributed by atoms with Crippen LogP contribution in [0.15, 0.2) is 78.0 Å². The summed E-state index contributed by atoms with van der Waals surface area (Å²) in [6, 6.07) is 19.6. The minimum Gasteiger partial charge on any atom is -0.506 e. The number of carbonyl (C=O) groups is 2. The van der Waals surface area contributed by atoms with Gasteiger partial charge in [0.05, 0.1) is 11.2 Å². The first kappa shape index (κ1) is 25.6. The van der Waals surface area contributed by atoms with Gasteiger partial charge in [-0.1, -0.05) is 35.3 Å². The highest BCUT2D eigenvalue weighted by molar-refractivity contribution is 6.32. The van der Waals surface area contributed by atoms with Crippen molar-refractivity contribution in [2.24, 2.45) is 5.10 Å². The third kappa shape index (κ3) is 5.61. The maximum atomic E-state index is 13.1. The molecule has 8 nitrogen and oxygen atoms in total. The molecule has 1 fully saturated rings. The SMILES string of the molecule is O=C(N/N=C/c1cccc2c1ccn2CC(=O)N1CCN(c2ccc(Cl)cc2)CC1)c1ccc(O)c(Cl)c1. The molecule has 2 heterocycles. The maximum absolute atomic E-state index is 13.1. The second-order valence-corrected chi connectivity index (χ2v) is 9.78. The number of nitrogens with zero attached hydrogens (tertiary/aromatic N) is 4. The molecule has 3 aromatic carbocycles. The second-order valence-electron chi connectivity index (χ2n) is 8.93. The summed E-state index contributed by atoms with van der Waals surface area (Å²) in [5, 5.41) is 15.3. The number of aromatic hydroxyl groups is 1. The van der Waals surface area contributed by atoms with E-state index < -0.39 is 5.91 Å². The van der Waals surface area contributed by atoms with Crippen molar-refractivity contribution in [1.29, 1.82) is 0 Å². The molecule has 0 unspecified atom stereocenters. The Bertz CT molecular complexity index is 1510. The standard InChI is InChI=1S/C28H25Cl2N5O3/c29-21-5-7-22(8-6-21)33-12-14-34(15-13-33)27(37)18-35-11-10-23-20(2-1-3-25(23)35)17-31-32-28(38)19-4-9-26(36)24(30)16-19/h1-11,16-17,36H,12-15,18H2,(H,32,38)/b31-17+. The van der Waals surface area contributed by atoms with Gasteiger partial charge in [-0.3, -0.25) is 9.59 Å². The largest absolute Gasteiger partial charge is 0.506 e. The van der Waals surface area contributed by atoms with Crippen molar-refractivity contribution in [3.05, 3.63) is 94.1 Å². The number of hydrogen-bond donors (Lipinski definition) is 2. The van der Waals surface area contributed by atoms with Crippen LogP contribution in [0.5, 0.6) is 5.75 Å². The van der Waals surface area contributed by atoms with Crippen molar-refractivity contribution in [1.82, 2.24) is 14.9 Å². The molecule has 194 valence electrons. The number of amides is 2. The van der Waals surface area contributed by atoms with Crippen LogP contribution in [-0.4, -0.2) is 58.8 Å². The molecule has 2 N–H and O–H groups in total. The molecule has 0 atom stereocenters. The van der Waals surface area contributed by atoms with E-state index in [1.54, 1.807) is 6.21 Å². The Balaban J connectivity index is 1.21. The molecule has 1 aliphatic rings. The minimum absolute atomic E-state index is 0.0668. The molecule has 0 bridgehead atoms. The van der Waals surface area contributed by atoms with Crippen LogP contribution in [0.3, 0.4) is 0 Å². The van der Waals surface area contributed by atoms with Gasteiger partial charge in [0.25, 0.3) is 5.91 Å². The van der Waals surface area contributed by atoms with E-state index in [1.165, 1.54) is 18.2 Å². The first-order valence-electron chi connectivity index (χ1n) is 12.1. The number of benzene rings is 3. The summed E-state index contributed by atoms with van der Waals surface area (Å²) in [7, 11) is 0. The quantitative estimate of drug-likeness (QED) is 0.268. The van der Waals surface area contributed by atoms with Crippen molar-refractivity contribution < 1.29 is 14.7 Å². The summed E-state index contributed by atoms with van der Waals surface area (Å²) in [6.07, 6.45) is 3.45. The van der Waals surface area contributed by atoms with Gasteiger partial charge in [-0.15, -0.1) is 0 Å². The first-order valence-corrected chi connectivity index (χ1v) is 12.8. The Morgan fingerprint density at radius 2 is 1.74 bits per heavy atom. The van der Waals surface area contributed by atoms with Gasteiger partial charge < -0.3 is 19.5 Å². The van der Waals surface area contributed by atoms with Crippen molar-refractivity contribution in [3.8, 4) is 5.75 Å². The average molecular weight is 550 g/mol. The summed E-state index contributed by atoms with van der Waals surface area (Å²) < 4.78 is 1.93. The van der Waals surface area contributed by atoms with Crippen LogP contribution in [0.2, 0.25) is 10.0 Å². The predicted octanol–water partition coefficient (Wildman–Crippen LogP) is 4.77. The highest BCUT2D eigenvalue weighted by Gasteiger charge is 2.22. The van der Waals surface area contributed by atoms with Crippen molar-refractivity contribution >= 4 is 57.8 Å². The fraction of sp³-hybridized carbons (Fsp3) is 0.179. The van der Waals surface area contributed by atoms with Gasteiger partial charge >= 0.3 is 0 Å². The molecule has 1 aromatic heterocycles. The highest BCUT2D eigenvalue weighted by atomic mass is 35.5. The van der Waals surface area contributed by atoms with E-state index >= 15 is 0 Å².